The Balaban J connectivity index is 1.23. The Morgan fingerprint density at radius 1 is 1.05 bits per heavy atom. The van der Waals surface area contributed by atoms with Crippen molar-refractivity contribution in [2.24, 2.45) is 0 Å². The number of hydrogen-bond donors (Lipinski definition) is 1. The fourth-order valence-corrected chi connectivity index (χ4v) is 5.03. The Kier molecular flexibility index (Phi) is 8.96. The number of piperazine rings is 1. The number of unbranched alkanes of at least 4 members (excludes halogenated alkanes) is 1. The van der Waals surface area contributed by atoms with Gasteiger partial charge in [0.25, 0.3) is 5.91 Å². The van der Waals surface area contributed by atoms with Crippen LogP contribution in [-0.4, -0.2) is 76.2 Å². The van der Waals surface area contributed by atoms with Gasteiger partial charge in [0.05, 0.1) is 5.69 Å². The van der Waals surface area contributed by atoms with E-state index in [0.717, 1.165) is 49.4 Å². The molecule has 4 rings (SSSR count). The van der Waals surface area contributed by atoms with E-state index < -0.39 is 5.60 Å². The van der Waals surface area contributed by atoms with E-state index in [4.69, 9.17) is 4.74 Å². The van der Waals surface area contributed by atoms with E-state index in [9.17, 15) is 14.4 Å². The van der Waals surface area contributed by atoms with Crippen LogP contribution in [0.25, 0.3) is 17.1 Å². The molecule has 1 aromatic carbocycles. The Morgan fingerprint density at radius 2 is 1.84 bits per heavy atom. The maximum Gasteiger partial charge on any atom is 0.410 e. The van der Waals surface area contributed by atoms with Crippen LogP contribution in [0.2, 0.25) is 0 Å². The first-order valence-electron chi connectivity index (χ1n) is 12.9. The lowest BCUT2D eigenvalue weighted by Crippen LogP contribution is -2.50. The van der Waals surface area contributed by atoms with Crippen molar-refractivity contribution >= 4 is 23.3 Å². The molecule has 1 aliphatic rings. The van der Waals surface area contributed by atoms with Crippen LogP contribution in [-0.2, 0) is 4.74 Å². The summed E-state index contributed by atoms with van der Waals surface area (Å²) in [6, 6.07) is 12.7. The van der Waals surface area contributed by atoms with Gasteiger partial charge in [-0.3, -0.25) is 19.1 Å². The summed E-state index contributed by atoms with van der Waals surface area (Å²) in [5, 5.41) is 4.80. The fourth-order valence-electron chi connectivity index (χ4n) is 4.27. The summed E-state index contributed by atoms with van der Waals surface area (Å²) in [4.78, 5) is 45.8. The lowest BCUT2D eigenvalue weighted by atomic mass is 10.1. The van der Waals surface area contributed by atoms with Crippen molar-refractivity contribution in [1.29, 1.82) is 0 Å². The average molecular weight is 538 g/mol. The second kappa shape index (κ2) is 12.4. The summed E-state index contributed by atoms with van der Waals surface area (Å²) in [6.07, 6.45) is 3.22. The molecule has 2 aromatic heterocycles. The maximum atomic E-state index is 12.8. The van der Waals surface area contributed by atoms with Gasteiger partial charge in [0, 0.05) is 55.4 Å². The van der Waals surface area contributed by atoms with Crippen LogP contribution in [0.15, 0.2) is 58.8 Å². The van der Waals surface area contributed by atoms with Gasteiger partial charge in [-0.15, -0.1) is 0 Å². The predicted molar refractivity (Wildman–Crippen MR) is 149 cm³/mol. The number of carbonyl (C=O) groups excluding carboxylic acids is 2. The van der Waals surface area contributed by atoms with Crippen molar-refractivity contribution in [2.75, 3.05) is 39.3 Å². The Labute approximate surface area is 227 Å². The summed E-state index contributed by atoms with van der Waals surface area (Å²) in [6.45, 7) is 10.1. The molecule has 38 heavy (non-hydrogen) atoms. The largest absolute Gasteiger partial charge is 0.444 e. The standard InChI is InChI=1S/C28H35N5O4S/c1-28(2,3)37-26(35)32-17-15-31(16-18-32)14-7-6-13-30-25(34)22-10-8-9-21(19-22)23-20-38-27(36)33(23)24-11-4-5-12-29-24/h4-5,8-12,19-20H,6-7,13-18H2,1-3H3,(H,30,34). The molecule has 202 valence electrons. The lowest BCUT2D eigenvalue weighted by Gasteiger charge is -2.35. The van der Waals surface area contributed by atoms with Gasteiger partial charge in [-0.05, 0) is 64.4 Å². The highest BCUT2D eigenvalue weighted by Gasteiger charge is 2.25. The van der Waals surface area contributed by atoms with Crippen LogP contribution >= 0.6 is 11.3 Å². The minimum Gasteiger partial charge on any atom is -0.444 e. The molecule has 3 aromatic rings. The van der Waals surface area contributed by atoms with Crippen LogP contribution in [0.4, 0.5) is 4.79 Å². The summed E-state index contributed by atoms with van der Waals surface area (Å²) >= 11 is 1.11. The quantitative estimate of drug-likeness (QED) is 0.436. The van der Waals surface area contributed by atoms with Gasteiger partial charge in [-0.25, -0.2) is 9.78 Å². The molecule has 0 radical (unpaired) electrons. The number of thiazole rings is 1. The number of amides is 2. The SMILES string of the molecule is CC(C)(C)OC(=O)N1CCN(CCCCNC(=O)c2cccc(-c3csc(=O)n3-c3ccccn3)c2)CC1. The van der Waals surface area contributed by atoms with E-state index in [1.54, 1.807) is 45.3 Å². The molecule has 0 aliphatic carbocycles. The molecule has 0 atom stereocenters. The number of aromatic nitrogens is 2. The van der Waals surface area contributed by atoms with Gasteiger partial charge in [-0.2, -0.15) is 0 Å². The third-order valence-electron chi connectivity index (χ3n) is 6.20. The number of rotatable bonds is 8. The first-order valence-corrected chi connectivity index (χ1v) is 13.8. The lowest BCUT2D eigenvalue weighted by molar-refractivity contribution is 0.0144. The molecule has 2 amide bonds. The van der Waals surface area contributed by atoms with Crippen LogP contribution in [0.5, 0.6) is 0 Å². The zero-order valence-corrected chi connectivity index (χ0v) is 23.0. The summed E-state index contributed by atoms with van der Waals surface area (Å²) in [5.41, 5.74) is 1.56. The van der Waals surface area contributed by atoms with Crippen molar-refractivity contribution in [2.45, 2.75) is 39.2 Å². The maximum absolute atomic E-state index is 12.8. The highest BCUT2D eigenvalue weighted by Crippen LogP contribution is 2.23. The number of ether oxygens (including phenoxy) is 1. The van der Waals surface area contributed by atoms with Crippen LogP contribution in [0.1, 0.15) is 44.0 Å². The molecular weight excluding hydrogens is 502 g/mol. The number of nitrogens with zero attached hydrogens (tertiary/aromatic N) is 4. The number of nitrogens with one attached hydrogen (secondary N) is 1. The van der Waals surface area contributed by atoms with Crippen LogP contribution in [0.3, 0.4) is 0 Å². The second-order valence-electron chi connectivity index (χ2n) is 10.3. The van der Waals surface area contributed by atoms with E-state index in [0.29, 0.717) is 36.7 Å². The third kappa shape index (κ3) is 7.29. The molecule has 9 nitrogen and oxygen atoms in total. The zero-order chi connectivity index (χ0) is 27.1. The molecule has 1 saturated heterocycles. The van der Waals surface area contributed by atoms with Gasteiger partial charge in [0.1, 0.15) is 11.4 Å². The minimum atomic E-state index is -0.480. The van der Waals surface area contributed by atoms with E-state index >= 15 is 0 Å². The third-order valence-corrected chi connectivity index (χ3v) is 6.93. The molecule has 10 heteroatoms. The minimum absolute atomic E-state index is 0.125. The average Bonchev–Trinajstić information content (AvgIpc) is 3.29. The Bertz CT molecular complexity index is 1290. The van der Waals surface area contributed by atoms with Crippen molar-refractivity contribution in [3.05, 3.63) is 69.3 Å². The monoisotopic (exact) mass is 537 g/mol. The predicted octanol–water partition coefficient (Wildman–Crippen LogP) is 4.02. The fraction of sp³-hybridized carbons (Fsp3) is 0.429. The van der Waals surface area contributed by atoms with Crippen molar-refractivity contribution in [3.63, 3.8) is 0 Å². The van der Waals surface area contributed by atoms with E-state index in [-0.39, 0.29) is 16.9 Å². The summed E-state index contributed by atoms with van der Waals surface area (Å²) in [5.74, 6) is 0.412. The molecule has 0 saturated carbocycles. The second-order valence-corrected chi connectivity index (χ2v) is 11.1. The molecular formula is C28H35N5O4S. The normalized spacial score (nSPS) is 14.3. The smallest absolute Gasteiger partial charge is 0.410 e. The van der Waals surface area contributed by atoms with Crippen LogP contribution < -0.4 is 10.2 Å². The Morgan fingerprint density at radius 3 is 2.55 bits per heavy atom. The van der Waals surface area contributed by atoms with Gasteiger partial charge in [0.15, 0.2) is 0 Å². The molecule has 0 spiro atoms. The highest BCUT2D eigenvalue weighted by atomic mass is 32.1. The van der Waals surface area contributed by atoms with Gasteiger partial charge in [0.2, 0.25) is 0 Å². The van der Waals surface area contributed by atoms with Crippen molar-refractivity contribution in [3.8, 4) is 17.1 Å². The van der Waals surface area contributed by atoms with E-state index in [1.807, 2.05) is 39.0 Å². The number of carbonyl (C=O) groups is 2. The van der Waals surface area contributed by atoms with Crippen molar-refractivity contribution < 1.29 is 14.3 Å². The number of pyridine rings is 1. The molecule has 1 N–H and O–H groups in total. The first-order chi connectivity index (χ1) is 18.2. The molecule has 0 bridgehead atoms. The van der Waals surface area contributed by atoms with E-state index in [2.05, 4.69) is 15.2 Å². The zero-order valence-electron chi connectivity index (χ0n) is 22.2. The van der Waals surface area contributed by atoms with Gasteiger partial charge >= 0.3 is 11.0 Å². The first kappa shape index (κ1) is 27.5. The summed E-state index contributed by atoms with van der Waals surface area (Å²) in [7, 11) is 0. The topological polar surface area (TPSA) is 96.8 Å². The molecule has 3 heterocycles. The number of benzene rings is 1. The molecule has 1 aliphatic heterocycles. The van der Waals surface area contributed by atoms with Crippen molar-refractivity contribution in [1.82, 2.24) is 24.7 Å². The summed E-state index contributed by atoms with van der Waals surface area (Å²) < 4.78 is 7.02. The molecule has 1 fully saturated rings. The van der Waals surface area contributed by atoms with Gasteiger partial charge < -0.3 is 15.0 Å². The highest BCUT2D eigenvalue weighted by molar-refractivity contribution is 7.07. The van der Waals surface area contributed by atoms with Crippen LogP contribution in [0, 0.1) is 0 Å². The van der Waals surface area contributed by atoms with Gasteiger partial charge in [-0.1, -0.05) is 29.5 Å². The van der Waals surface area contributed by atoms with E-state index in [1.165, 1.54) is 0 Å². The number of hydrogen-bond acceptors (Lipinski definition) is 7. The Hall–Kier alpha value is -3.50. The molecule has 0 unspecified atom stereocenters.